The number of hydrogen-bond donors (Lipinski definition) is 1. The Kier molecular flexibility index (Phi) is 5.60. The third-order valence-electron chi connectivity index (χ3n) is 4.59. The Morgan fingerprint density at radius 1 is 1.23 bits per heavy atom. The number of allylic oxidation sites excluding steroid dienone is 2. The zero-order valence-corrected chi connectivity index (χ0v) is 14.8. The van der Waals surface area contributed by atoms with Crippen molar-refractivity contribution in [1.29, 1.82) is 5.26 Å². The molecule has 2 aromatic rings. The molecule has 0 radical (unpaired) electrons. The first-order valence-electron chi connectivity index (χ1n) is 8.88. The second-order valence-electron chi connectivity index (χ2n) is 6.49. The lowest BCUT2D eigenvalue weighted by molar-refractivity contribution is 0.104. The second-order valence-corrected chi connectivity index (χ2v) is 6.49. The molecular formula is C22H21FN2O. The third-order valence-corrected chi connectivity index (χ3v) is 4.59. The molecular weight excluding hydrogens is 327 g/mol. The molecule has 1 aliphatic carbocycles. The van der Waals surface area contributed by atoms with Crippen LogP contribution in [-0.4, -0.2) is 18.4 Å². The van der Waals surface area contributed by atoms with Gasteiger partial charge in [-0.15, -0.1) is 0 Å². The molecule has 0 spiro atoms. The largest absolute Gasteiger partial charge is 0.302 e. The van der Waals surface area contributed by atoms with Crippen LogP contribution in [0, 0.1) is 17.1 Å². The monoisotopic (exact) mass is 348 g/mol. The van der Waals surface area contributed by atoms with Gasteiger partial charge in [-0.3, -0.25) is 4.79 Å². The number of nitrogens with one attached hydrogen (secondary N) is 1. The summed E-state index contributed by atoms with van der Waals surface area (Å²) in [6, 6.07) is 12.5. The fourth-order valence-electron chi connectivity index (χ4n) is 3.14. The normalized spacial score (nSPS) is 14.0. The van der Waals surface area contributed by atoms with Crippen molar-refractivity contribution in [3.63, 3.8) is 0 Å². The Morgan fingerprint density at radius 3 is 2.73 bits per heavy atom. The van der Waals surface area contributed by atoms with Gasteiger partial charge in [0.05, 0.1) is 12.1 Å². The second kappa shape index (κ2) is 8.07. The Labute approximate surface area is 153 Å². The maximum Gasteiger partial charge on any atom is 0.185 e. The summed E-state index contributed by atoms with van der Waals surface area (Å²) in [7, 11) is 0. The Balaban J connectivity index is 1.83. The molecule has 3 nitrogen and oxygen atoms in total. The molecule has 0 heterocycles. The van der Waals surface area contributed by atoms with Gasteiger partial charge in [-0.05, 0) is 59.8 Å². The summed E-state index contributed by atoms with van der Waals surface area (Å²) in [5.74, 6) is -0.339. The van der Waals surface area contributed by atoms with Gasteiger partial charge in [0.25, 0.3) is 0 Å². The molecule has 0 aliphatic heterocycles. The van der Waals surface area contributed by atoms with Gasteiger partial charge in [0, 0.05) is 12.0 Å². The number of carbonyl (C=O) groups excluding carboxylic acids is 1. The lowest BCUT2D eigenvalue weighted by atomic mass is 9.91. The number of halogens is 1. The van der Waals surface area contributed by atoms with E-state index in [9.17, 15) is 14.4 Å². The summed E-state index contributed by atoms with van der Waals surface area (Å²) in [5, 5.41) is 12.3. The number of carbonyl (C=O) groups is 1. The fourth-order valence-corrected chi connectivity index (χ4v) is 3.14. The smallest absolute Gasteiger partial charge is 0.185 e. The number of nitriles is 1. The van der Waals surface area contributed by atoms with Crippen molar-refractivity contribution in [2.45, 2.75) is 32.2 Å². The van der Waals surface area contributed by atoms with E-state index in [0.717, 1.165) is 36.1 Å². The van der Waals surface area contributed by atoms with Crippen LogP contribution in [0.3, 0.4) is 0 Å². The summed E-state index contributed by atoms with van der Waals surface area (Å²) in [6.07, 6.45) is 5.44. The van der Waals surface area contributed by atoms with Gasteiger partial charge in [-0.2, -0.15) is 5.26 Å². The Bertz CT molecular complexity index is 896. The van der Waals surface area contributed by atoms with Crippen LogP contribution >= 0.6 is 0 Å². The van der Waals surface area contributed by atoms with Crippen molar-refractivity contribution in [3.05, 3.63) is 71.1 Å². The highest BCUT2D eigenvalue weighted by Gasteiger charge is 2.15. The highest BCUT2D eigenvalue weighted by molar-refractivity contribution is 6.07. The van der Waals surface area contributed by atoms with Gasteiger partial charge in [-0.25, -0.2) is 4.39 Å². The molecule has 2 aromatic carbocycles. The summed E-state index contributed by atoms with van der Waals surface area (Å²) in [6.45, 7) is 2.76. The lowest BCUT2D eigenvalue weighted by Gasteiger charge is -2.14. The minimum absolute atomic E-state index is 0.0101. The quantitative estimate of drug-likeness (QED) is 0.850. The Morgan fingerprint density at radius 2 is 2.00 bits per heavy atom. The zero-order valence-electron chi connectivity index (χ0n) is 14.8. The summed E-state index contributed by atoms with van der Waals surface area (Å²) >= 11 is 0. The Hall–Kier alpha value is -2.77. The van der Waals surface area contributed by atoms with Crippen molar-refractivity contribution >= 4 is 5.78 Å². The highest BCUT2D eigenvalue weighted by Crippen LogP contribution is 2.27. The van der Waals surface area contributed by atoms with Gasteiger partial charge >= 0.3 is 0 Å². The highest BCUT2D eigenvalue weighted by atomic mass is 19.1. The number of ketones is 1. The van der Waals surface area contributed by atoms with Crippen LogP contribution in [0.5, 0.6) is 0 Å². The molecule has 1 aliphatic rings. The maximum atomic E-state index is 14.6. The molecule has 0 fully saturated rings. The molecule has 1 N–H and O–H groups in total. The van der Waals surface area contributed by atoms with Gasteiger partial charge in [0.2, 0.25) is 0 Å². The molecule has 0 amide bonds. The number of fused-ring (bicyclic) bond motifs is 1. The van der Waals surface area contributed by atoms with E-state index in [1.54, 1.807) is 12.1 Å². The van der Waals surface area contributed by atoms with Crippen LogP contribution in [0.15, 0.2) is 48.6 Å². The predicted molar refractivity (Wildman–Crippen MR) is 100 cm³/mol. The van der Waals surface area contributed by atoms with E-state index in [0.29, 0.717) is 17.5 Å². The van der Waals surface area contributed by atoms with Crippen LogP contribution in [0.4, 0.5) is 4.39 Å². The molecule has 0 unspecified atom stereocenters. The predicted octanol–water partition coefficient (Wildman–Crippen LogP) is 4.22. The number of rotatable bonds is 6. The number of nitrogens with zero attached hydrogens (tertiary/aromatic N) is 1. The first kappa shape index (κ1) is 18.0. The van der Waals surface area contributed by atoms with Crippen molar-refractivity contribution < 1.29 is 9.18 Å². The van der Waals surface area contributed by atoms with Gasteiger partial charge in [0.1, 0.15) is 5.82 Å². The zero-order chi connectivity index (χ0) is 18.5. The van der Waals surface area contributed by atoms with Crippen LogP contribution < -0.4 is 5.32 Å². The number of benzene rings is 2. The molecule has 132 valence electrons. The molecule has 3 rings (SSSR count). The van der Waals surface area contributed by atoms with Crippen molar-refractivity contribution in [2.24, 2.45) is 0 Å². The van der Waals surface area contributed by atoms with E-state index < -0.39 is 6.04 Å². The summed E-state index contributed by atoms with van der Waals surface area (Å²) in [4.78, 5) is 12.0. The van der Waals surface area contributed by atoms with Crippen molar-refractivity contribution in [3.8, 4) is 17.2 Å². The SMILES string of the molecule is CCCN[C@H](C#N)Cc1ccc(-c2ccc3c(c2)C(=O)C=CC3)cc1F. The van der Waals surface area contributed by atoms with Gasteiger partial charge in [0.15, 0.2) is 5.78 Å². The standard InChI is InChI=1S/C22H21FN2O/c1-2-10-25-19(14-24)11-18-9-8-17(13-21(18)23)16-7-6-15-4-3-5-22(26)20(15)12-16/h3,5-9,12-13,19,25H,2,4,10-11H2,1H3/t19-/m0/s1. The number of hydrogen-bond acceptors (Lipinski definition) is 3. The molecule has 0 saturated heterocycles. The van der Waals surface area contributed by atoms with E-state index in [-0.39, 0.29) is 11.6 Å². The maximum absolute atomic E-state index is 14.6. The summed E-state index contributed by atoms with van der Waals surface area (Å²) < 4.78 is 14.6. The van der Waals surface area contributed by atoms with Crippen LogP contribution in [0.25, 0.3) is 11.1 Å². The topological polar surface area (TPSA) is 52.9 Å². The van der Waals surface area contributed by atoms with Crippen LogP contribution in [0.2, 0.25) is 0 Å². The average molecular weight is 348 g/mol. The van der Waals surface area contributed by atoms with E-state index in [2.05, 4.69) is 11.4 Å². The first-order chi connectivity index (χ1) is 12.6. The minimum Gasteiger partial charge on any atom is -0.302 e. The van der Waals surface area contributed by atoms with Crippen molar-refractivity contribution in [1.82, 2.24) is 5.32 Å². The average Bonchev–Trinajstić information content (AvgIpc) is 2.66. The lowest BCUT2D eigenvalue weighted by Crippen LogP contribution is -2.30. The van der Waals surface area contributed by atoms with Crippen molar-refractivity contribution in [2.75, 3.05) is 6.54 Å². The van der Waals surface area contributed by atoms with E-state index >= 15 is 0 Å². The van der Waals surface area contributed by atoms with E-state index in [4.69, 9.17) is 0 Å². The molecule has 26 heavy (non-hydrogen) atoms. The first-order valence-corrected chi connectivity index (χ1v) is 8.88. The van der Waals surface area contributed by atoms with Crippen LogP contribution in [-0.2, 0) is 12.8 Å². The molecule has 0 saturated carbocycles. The fraction of sp³-hybridized carbons (Fsp3) is 0.273. The summed E-state index contributed by atoms with van der Waals surface area (Å²) in [5.41, 5.74) is 3.74. The van der Waals surface area contributed by atoms with E-state index in [1.807, 2.05) is 37.3 Å². The molecule has 1 atom stereocenters. The van der Waals surface area contributed by atoms with Gasteiger partial charge in [-0.1, -0.05) is 37.3 Å². The minimum atomic E-state index is -0.400. The van der Waals surface area contributed by atoms with Crippen LogP contribution in [0.1, 0.15) is 34.8 Å². The molecule has 0 aromatic heterocycles. The van der Waals surface area contributed by atoms with E-state index in [1.165, 1.54) is 6.07 Å². The van der Waals surface area contributed by atoms with Gasteiger partial charge < -0.3 is 5.32 Å². The third kappa shape index (κ3) is 3.89. The molecule has 4 heteroatoms. The molecule has 0 bridgehead atoms.